The highest BCUT2D eigenvalue weighted by Gasteiger charge is 2.19. The summed E-state index contributed by atoms with van der Waals surface area (Å²) >= 11 is 0. The van der Waals surface area contributed by atoms with Crippen molar-refractivity contribution >= 4 is 11.6 Å². The summed E-state index contributed by atoms with van der Waals surface area (Å²) < 4.78 is 6.04. The van der Waals surface area contributed by atoms with Gasteiger partial charge >= 0.3 is 0 Å². The van der Waals surface area contributed by atoms with E-state index in [0.717, 1.165) is 24.3 Å². The monoisotopic (exact) mass is 340 g/mol. The molecule has 0 bridgehead atoms. The van der Waals surface area contributed by atoms with E-state index >= 15 is 0 Å². The van der Waals surface area contributed by atoms with Crippen LogP contribution in [0, 0.1) is 5.92 Å². The molecule has 1 aliphatic carbocycles. The molecule has 3 rings (SSSR count). The lowest BCUT2D eigenvalue weighted by atomic mass is 9.89. The average molecular weight is 340 g/mol. The van der Waals surface area contributed by atoms with Gasteiger partial charge in [-0.15, -0.1) is 0 Å². The number of carbonyl (C=O) groups is 1. The topological polar surface area (TPSA) is 71.2 Å². The molecule has 0 spiro atoms. The molecule has 1 heterocycles. The van der Waals surface area contributed by atoms with Crippen molar-refractivity contribution in [2.75, 3.05) is 5.32 Å². The lowest BCUT2D eigenvalue weighted by molar-refractivity contribution is 0.00468. The molecule has 1 fully saturated rings. The van der Waals surface area contributed by atoms with Crippen molar-refractivity contribution in [3.8, 4) is 0 Å². The molecule has 5 nitrogen and oxygen atoms in total. The highest BCUT2D eigenvalue weighted by atomic mass is 16.5. The number of ether oxygens (including phenoxy) is 1. The molecule has 25 heavy (non-hydrogen) atoms. The maximum Gasteiger partial charge on any atom is 0.257 e. The largest absolute Gasteiger partial charge is 0.374 e. The van der Waals surface area contributed by atoms with Crippen LogP contribution in [0.25, 0.3) is 0 Å². The highest BCUT2D eigenvalue weighted by molar-refractivity contribution is 6.04. The summed E-state index contributed by atoms with van der Waals surface area (Å²) in [6.45, 7) is 2.84. The van der Waals surface area contributed by atoms with Gasteiger partial charge in [0.05, 0.1) is 18.3 Å². The van der Waals surface area contributed by atoms with E-state index in [1.54, 1.807) is 0 Å². The molecular formula is C20H24N2O3. The molecule has 0 unspecified atom stereocenters. The number of H-pyrrole nitrogens is 1. The first-order valence-electron chi connectivity index (χ1n) is 8.81. The van der Waals surface area contributed by atoms with E-state index in [9.17, 15) is 9.59 Å². The number of benzene rings is 1. The predicted molar refractivity (Wildman–Crippen MR) is 97.7 cm³/mol. The van der Waals surface area contributed by atoms with Crippen LogP contribution in [-0.4, -0.2) is 17.0 Å². The Morgan fingerprint density at radius 3 is 2.92 bits per heavy atom. The van der Waals surface area contributed by atoms with E-state index in [4.69, 9.17) is 4.74 Å². The van der Waals surface area contributed by atoms with Gasteiger partial charge < -0.3 is 15.0 Å². The number of hydrogen-bond acceptors (Lipinski definition) is 3. The fourth-order valence-electron chi connectivity index (χ4n) is 3.24. The summed E-state index contributed by atoms with van der Waals surface area (Å²) in [5.41, 5.74) is 1.94. The summed E-state index contributed by atoms with van der Waals surface area (Å²) in [5, 5.41) is 2.85. The number of pyridine rings is 1. The Hall–Kier alpha value is -2.40. The Balaban J connectivity index is 1.58. The smallest absolute Gasteiger partial charge is 0.257 e. The van der Waals surface area contributed by atoms with Gasteiger partial charge in [-0.1, -0.05) is 31.9 Å². The lowest BCUT2D eigenvalue weighted by Crippen LogP contribution is -2.21. The third-order valence-corrected chi connectivity index (χ3v) is 4.61. The Morgan fingerprint density at radius 2 is 2.16 bits per heavy atom. The summed E-state index contributed by atoms with van der Waals surface area (Å²) in [6.07, 6.45) is 6.54. The first-order valence-corrected chi connectivity index (χ1v) is 8.81. The van der Waals surface area contributed by atoms with Gasteiger partial charge in [-0.25, -0.2) is 0 Å². The summed E-state index contributed by atoms with van der Waals surface area (Å²) in [7, 11) is 0. The van der Waals surface area contributed by atoms with E-state index < -0.39 is 0 Å². The molecule has 0 radical (unpaired) electrons. The molecule has 1 aromatic heterocycles. The van der Waals surface area contributed by atoms with Crippen LogP contribution in [0.15, 0.2) is 47.4 Å². The molecule has 2 aromatic rings. The number of hydrogen-bond donors (Lipinski definition) is 2. The number of aromatic amines is 1. The first kappa shape index (κ1) is 17.4. The molecular weight excluding hydrogens is 316 g/mol. The van der Waals surface area contributed by atoms with Gasteiger partial charge in [0, 0.05) is 18.0 Å². The van der Waals surface area contributed by atoms with Gasteiger partial charge in [0.1, 0.15) is 0 Å². The fourth-order valence-corrected chi connectivity index (χ4v) is 3.24. The Kier molecular flexibility index (Phi) is 5.66. The minimum absolute atomic E-state index is 0.229. The molecule has 5 heteroatoms. The second-order valence-electron chi connectivity index (χ2n) is 6.80. The van der Waals surface area contributed by atoms with Gasteiger partial charge in [0.15, 0.2) is 0 Å². The van der Waals surface area contributed by atoms with Crippen molar-refractivity contribution < 1.29 is 9.53 Å². The van der Waals surface area contributed by atoms with Crippen molar-refractivity contribution in [1.29, 1.82) is 0 Å². The molecule has 2 N–H and O–H groups in total. The molecule has 1 aliphatic rings. The van der Waals surface area contributed by atoms with Crippen molar-refractivity contribution in [3.05, 3.63) is 64.1 Å². The number of nitrogens with one attached hydrogen (secondary N) is 2. The third-order valence-electron chi connectivity index (χ3n) is 4.61. The molecule has 1 aromatic carbocycles. The standard InChI is InChI=1S/C20H24N2O3/c1-14-4-2-7-18(10-14)25-13-15-5-3-6-17(11-15)22-20(24)16-8-9-19(23)21-12-16/h3,5-6,8-9,11-12,14,18H,2,4,7,10,13H2,1H3,(H,21,23)(H,22,24)/t14-,18+/m1/s1. The number of rotatable bonds is 5. The quantitative estimate of drug-likeness (QED) is 0.871. The molecule has 0 saturated heterocycles. The maximum atomic E-state index is 12.2. The van der Waals surface area contributed by atoms with E-state index in [0.29, 0.717) is 24.0 Å². The molecule has 1 saturated carbocycles. The summed E-state index contributed by atoms with van der Waals surface area (Å²) in [6, 6.07) is 10.5. The van der Waals surface area contributed by atoms with Gasteiger partial charge in [0.25, 0.3) is 5.91 Å². The van der Waals surface area contributed by atoms with Crippen LogP contribution in [0.4, 0.5) is 5.69 Å². The molecule has 0 aliphatic heterocycles. The zero-order valence-electron chi connectivity index (χ0n) is 14.5. The van der Waals surface area contributed by atoms with Gasteiger partial charge in [0.2, 0.25) is 5.56 Å². The summed E-state index contributed by atoms with van der Waals surface area (Å²) in [4.78, 5) is 25.8. The van der Waals surface area contributed by atoms with E-state index in [1.165, 1.54) is 31.2 Å². The number of aromatic nitrogens is 1. The van der Waals surface area contributed by atoms with Crippen molar-refractivity contribution in [3.63, 3.8) is 0 Å². The van der Waals surface area contributed by atoms with Crippen LogP contribution in [-0.2, 0) is 11.3 Å². The van der Waals surface area contributed by atoms with Gasteiger partial charge in [-0.3, -0.25) is 9.59 Å². The minimum atomic E-state index is -0.254. The third kappa shape index (κ3) is 5.03. The Bertz CT molecular complexity index is 764. The lowest BCUT2D eigenvalue weighted by Gasteiger charge is -2.26. The highest BCUT2D eigenvalue weighted by Crippen LogP contribution is 2.26. The average Bonchev–Trinajstić information content (AvgIpc) is 2.61. The van der Waals surface area contributed by atoms with E-state index in [1.807, 2.05) is 24.3 Å². The minimum Gasteiger partial charge on any atom is -0.374 e. The molecule has 132 valence electrons. The SMILES string of the molecule is C[C@@H]1CCC[C@H](OCc2cccc(NC(=O)c3ccc(=O)[nH]c3)c2)C1. The van der Waals surface area contributed by atoms with E-state index in [2.05, 4.69) is 17.2 Å². The predicted octanol–water partition coefficient (Wildman–Crippen LogP) is 3.72. The van der Waals surface area contributed by atoms with Gasteiger partial charge in [-0.2, -0.15) is 0 Å². The molecule has 2 atom stereocenters. The van der Waals surface area contributed by atoms with Crippen molar-refractivity contribution in [2.24, 2.45) is 5.92 Å². The second kappa shape index (κ2) is 8.12. The van der Waals surface area contributed by atoms with Crippen LogP contribution in [0.1, 0.15) is 48.5 Å². The van der Waals surface area contributed by atoms with E-state index in [-0.39, 0.29) is 11.5 Å². The number of anilines is 1. The van der Waals surface area contributed by atoms with Crippen LogP contribution >= 0.6 is 0 Å². The van der Waals surface area contributed by atoms with Crippen molar-refractivity contribution in [1.82, 2.24) is 4.98 Å². The fraction of sp³-hybridized carbons (Fsp3) is 0.400. The Labute approximate surface area is 147 Å². The maximum absolute atomic E-state index is 12.2. The second-order valence-corrected chi connectivity index (χ2v) is 6.80. The van der Waals surface area contributed by atoms with Gasteiger partial charge in [-0.05, 0) is 42.5 Å². The number of amides is 1. The summed E-state index contributed by atoms with van der Waals surface area (Å²) in [5.74, 6) is 0.483. The zero-order valence-corrected chi connectivity index (χ0v) is 14.5. The van der Waals surface area contributed by atoms with Crippen molar-refractivity contribution in [2.45, 2.75) is 45.3 Å². The zero-order chi connectivity index (χ0) is 17.6. The number of carbonyl (C=O) groups excluding carboxylic acids is 1. The van der Waals surface area contributed by atoms with Crippen LogP contribution in [0.5, 0.6) is 0 Å². The van der Waals surface area contributed by atoms with Crippen LogP contribution in [0.3, 0.4) is 0 Å². The first-order chi connectivity index (χ1) is 12.1. The van der Waals surface area contributed by atoms with Crippen LogP contribution < -0.4 is 10.9 Å². The molecule has 1 amide bonds. The van der Waals surface area contributed by atoms with Crippen LogP contribution in [0.2, 0.25) is 0 Å². The Morgan fingerprint density at radius 1 is 1.28 bits per heavy atom. The normalized spacial score (nSPS) is 20.2.